The summed E-state index contributed by atoms with van der Waals surface area (Å²) in [4.78, 5) is 16.0. The maximum absolute atomic E-state index is 11.7. The number of carbonyl (C=O) groups is 1. The van der Waals surface area contributed by atoms with Gasteiger partial charge in [0.1, 0.15) is 5.82 Å². The van der Waals surface area contributed by atoms with Crippen LogP contribution in [0, 0.1) is 0 Å². The standard InChI is InChI=1S/C12H18N4O2S/c17-10(13-6-9-2-1-5-18-9)7-19-12-14-11(15-16-12)8-3-4-8/h8-9H,1-7H2,(H,13,17)(H,14,15,16). The minimum absolute atomic E-state index is 0.0123. The lowest BCUT2D eigenvalue weighted by molar-refractivity contribution is -0.119. The molecule has 6 nitrogen and oxygen atoms in total. The molecule has 0 spiro atoms. The van der Waals surface area contributed by atoms with E-state index in [1.165, 1.54) is 24.6 Å². The molecule has 2 heterocycles. The smallest absolute Gasteiger partial charge is 0.230 e. The fourth-order valence-electron chi connectivity index (χ4n) is 2.08. The maximum Gasteiger partial charge on any atom is 0.230 e. The number of hydrogen-bond acceptors (Lipinski definition) is 5. The van der Waals surface area contributed by atoms with Gasteiger partial charge in [-0.25, -0.2) is 4.98 Å². The third-order valence-corrected chi connectivity index (χ3v) is 4.18. The van der Waals surface area contributed by atoms with Crippen LogP contribution in [0.4, 0.5) is 0 Å². The molecule has 1 aliphatic heterocycles. The largest absolute Gasteiger partial charge is 0.376 e. The van der Waals surface area contributed by atoms with Crippen LogP contribution in [0.3, 0.4) is 0 Å². The predicted octanol–water partition coefficient (Wildman–Crippen LogP) is 1.07. The molecule has 2 aliphatic rings. The third kappa shape index (κ3) is 3.70. The van der Waals surface area contributed by atoms with Crippen LogP contribution in [0.15, 0.2) is 5.16 Å². The van der Waals surface area contributed by atoms with Crippen LogP contribution in [0.1, 0.15) is 37.4 Å². The van der Waals surface area contributed by atoms with Crippen LogP contribution in [0.25, 0.3) is 0 Å². The molecule has 1 amide bonds. The number of rotatable bonds is 6. The molecule has 2 N–H and O–H groups in total. The molecule has 1 saturated carbocycles. The number of amides is 1. The van der Waals surface area contributed by atoms with Gasteiger partial charge in [0.05, 0.1) is 11.9 Å². The maximum atomic E-state index is 11.7. The van der Waals surface area contributed by atoms with Crippen molar-refractivity contribution in [3.8, 4) is 0 Å². The van der Waals surface area contributed by atoms with E-state index in [9.17, 15) is 4.79 Å². The van der Waals surface area contributed by atoms with E-state index in [0.29, 0.717) is 23.4 Å². The third-order valence-electron chi connectivity index (χ3n) is 3.33. The Kier molecular flexibility index (Phi) is 4.03. The van der Waals surface area contributed by atoms with E-state index >= 15 is 0 Å². The zero-order valence-electron chi connectivity index (χ0n) is 10.7. The van der Waals surface area contributed by atoms with Crippen LogP contribution in [0.2, 0.25) is 0 Å². The average molecular weight is 282 g/mol. The molecule has 1 aromatic heterocycles. The van der Waals surface area contributed by atoms with E-state index in [1.807, 2.05) is 0 Å². The number of carbonyl (C=O) groups excluding carboxylic acids is 1. The normalized spacial score (nSPS) is 22.6. The van der Waals surface area contributed by atoms with E-state index in [4.69, 9.17) is 4.74 Å². The summed E-state index contributed by atoms with van der Waals surface area (Å²) in [5.41, 5.74) is 0. The van der Waals surface area contributed by atoms with E-state index in [1.54, 1.807) is 0 Å². The zero-order chi connectivity index (χ0) is 13.1. The van der Waals surface area contributed by atoms with Crippen molar-refractivity contribution in [1.82, 2.24) is 20.5 Å². The molecule has 0 radical (unpaired) electrons. The Labute approximate surface area is 116 Å². The Balaban J connectivity index is 1.36. The Morgan fingerprint density at radius 2 is 2.37 bits per heavy atom. The number of thioether (sulfide) groups is 1. The predicted molar refractivity (Wildman–Crippen MR) is 71.1 cm³/mol. The first kappa shape index (κ1) is 12.9. The van der Waals surface area contributed by atoms with Crippen molar-refractivity contribution in [1.29, 1.82) is 0 Å². The average Bonchev–Trinajstić information content (AvgIpc) is 2.95. The molecule has 3 rings (SSSR count). The van der Waals surface area contributed by atoms with Crippen molar-refractivity contribution in [3.05, 3.63) is 5.82 Å². The number of ether oxygens (including phenoxy) is 1. The summed E-state index contributed by atoms with van der Waals surface area (Å²) in [6.07, 6.45) is 4.72. The van der Waals surface area contributed by atoms with Gasteiger partial charge in [-0.2, -0.15) is 0 Å². The quantitative estimate of drug-likeness (QED) is 0.763. The van der Waals surface area contributed by atoms with Gasteiger partial charge in [0.2, 0.25) is 11.1 Å². The van der Waals surface area contributed by atoms with Crippen LogP contribution >= 0.6 is 11.8 Å². The SMILES string of the molecule is O=C(CSc1n[nH]c(C2CC2)n1)NCC1CCCO1. The van der Waals surface area contributed by atoms with E-state index in [0.717, 1.165) is 25.3 Å². The van der Waals surface area contributed by atoms with Crippen molar-refractivity contribution in [2.45, 2.75) is 42.9 Å². The summed E-state index contributed by atoms with van der Waals surface area (Å²) in [6.45, 7) is 1.43. The van der Waals surface area contributed by atoms with Crippen LogP contribution < -0.4 is 5.32 Å². The second kappa shape index (κ2) is 5.92. The molecule has 2 fully saturated rings. The summed E-state index contributed by atoms with van der Waals surface area (Å²) in [5, 5.41) is 10.6. The van der Waals surface area contributed by atoms with Crippen molar-refractivity contribution in [2.24, 2.45) is 0 Å². The summed E-state index contributed by atoms with van der Waals surface area (Å²) in [5.74, 6) is 1.89. The number of aromatic nitrogens is 3. The van der Waals surface area contributed by atoms with Gasteiger partial charge in [-0.1, -0.05) is 11.8 Å². The topological polar surface area (TPSA) is 79.9 Å². The Hall–Kier alpha value is -1.08. The van der Waals surface area contributed by atoms with Crippen molar-refractivity contribution in [2.75, 3.05) is 18.9 Å². The van der Waals surface area contributed by atoms with Gasteiger partial charge in [-0.05, 0) is 25.7 Å². The van der Waals surface area contributed by atoms with Gasteiger partial charge in [-0.3, -0.25) is 9.89 Å². The van der Waals surface area contributed by atoms with Crippen molar-refractivity contribution in [3.63, 3.8) is 0 Å². The fraction of sp³-hybridized carbons (Fsp3) is 0.750. The second-order valence-electron chi connectivity index (χ2n) is 5.01. The first-order valence-corrected chi connectivity index (χ1v) is 7.73. The molecule has 1 saturated heterocycles. The van der Waals surface area contributed by atoms with Gasteiger partial charge < -0.3 is 10.1 Å². The molecular formula is C12H18N4O2S. The number of aromatic amines is 1. The summed E-state index contributed by atoms with van der Waals surface area (Å²) in [7, 11) is 0. The Morgan fingerprint density at radius 1 is 1.47 bits per heavy atom. The van der Waals surface area contributed by atoms with Gasteiger partial charge in [-0.15, -0.1) is 5.10 Å². The molecule has 0 aromatic carbocycles. The summed E-state index contributed by atoms with van der Waals surface area (Å²) in [6, 6.07) is 0. The van der Waals surface area contributed by atoms with Gasteiger partial charge >= 0.3 is 0 Å². The van der Waals surface area contributed by atoms with E-state index < -0.39 is 0 Å². The lowest BCUT2D eigenvalue weighted by atomic mass is 10.2. The monoisotopic (exact) mass is 282 g/mol. The minimum Gasteiger partial charge on any atom is -0.376 e. The highest BCUT2D eigenvalue weighted by molar-refractivity contribution is 7.99. The first-order chi connectivity index (χ1) is 9.31. The number of hydrogen-bond donors (Lipinski definition) is 2. The van der Waals surface area contributed by atoms with Gasteiger partial charge in [0.25, 0.3) is 0 Å². The van der Waals surface area contributed by atoms with Crippen LogP contribution in [0.5, 0.6) is 0 Å². The fourth-order valence-corrected chi connectivity index (χ4v) is 2.71. The summed E-state index contributed by atoms with van der Waals surface area (Å²) >= 11 is 1.37. The molecule has 7 heteroatoms. The highest BCUT2D eigenvalue weighted by atomic mass is 32.2. The Bertz CT molecular complexity index is 441. The molecule has 1 unspecified atom stereocenters. The lowest BCUT2D eigenvalue weighted by Crippen LogP contribution is -2.32. The molecular weight excluding hydrogens is 264 g/mol. The van der Waals surface area contributed by atoms with Crippen molar-refractivity contribution >= 4 is 17.7 Å². The first-order valence-electron chi connectivity index (χ1n) is 6.74. The van der Waals surface area contributed by atoms with Gasteiger partial charge in [0, 0.05) is 19.1 Å². The van der Waals surface area contributed by atoms with E-state index in [-0.39, 0.29) is 12.0 Å². The molecule has 1 atom stereocenters. The lowest BCUT2D eigenvalue weighted by Gasteiger charge is -2.09. The molecule has 104 valence electrons. The van der Waals surface area contributed by atoms with Gasteiger partial charge in [0.15, 0.2) is 0 Å². The van der Waals surface area contributed by atoms with Crippen LogP contribution in [-0.4, -0.2) is 46.1 Å². The number of H-pyrrole nitrogens is 1. The zero-order valence-corrected chi connectivity index (χ0v) is 11.5. The highest BCUT2D eigenvalue weighted by Crippen LogP contribution is 2.38. The van der Waals surface area contributed by atoms with Crippen LogP contribution in [-0.2, 0) is 9.53 Å². The Morgan fingerprint density at radius 3 is 3.11 bits per heavy atom. The molecule has 1 aromatic rings. The second-order valence-corrected chi connectivity index (χ2v) is 5.95. The molecule has 1 aliphatic carbocycles. The molecule has 0 bridgehead atoms. The minimum atomic E-state index is 0.0123. The summed E-state index contributed by atoms with van der Waals surface area (Å²) < 4.78 is 5.45. The molecule has 19 heavy (non-hydrogen) atoms. The number of nitrogens with one attached hydrogen (secondary N) is 2. The van der Waals surface area contributed by atoms with E-state index in [2.05, 4.69) is 20.5 Å². The van der Waals surface area contributed by atoms with Crippen molar-refractivity contribution < 1.29 is 9.53 Å². The number of nitrogens with zero attached hydrogens (tertiary/aromatic N) is 2. The highest BCUT2D eigenvalue weighted by Gasteiger charge is 2.27.